The molecule has 2 aromatic rings. The Bertz CT molecular complexity index is 721. The first-order valence-corrected chi connectivity index (χ1v) is 10.7. The van der Waals surface area contributed by atoms with Gasteiger partial charge in [-0.2, -0.15) is 0 Å². The van der Waals surface area contributed by atoms with Crippen molar-refractivity contribution in [1.82, 2.24) is 15.1 Å². The number of thiophene rings is 1. The summed E-state index contributed by atoms with van der Waals surface area (Å²) in [7, 11) is 0. The predicted molar refractivity (Wildman–Crippen MR) is 113 cm³/mol. The Hall–Kier alpha value is -1.69. The molecule has 1 fully saturated rings. The summed E-state index contributed by atoms with van der Waals surface area (Å²) >= 11 is 1.71. The van der Waals surface area contributed by atoms with Crippen molar-refractivity contribution in [2.75, 3.05) is 32.7 Å². The van der Waals surface area contributed by atoms with Crippen LogP contribution in [-0.2, 0) is 11.3 Å². The fourth-order valence-corrected chi connectivity index (χ4v) is 4.58. The van der Waals surface area contributed by atoms with Crippen LogP contribution in [0.5, 0.6) is 0 Å². The zero-order valence-electron chi connectivity index (χ0n) is 16.6. The van der Waals surface area contributed by atoms with Crippen LogP contribution in [0.2, 0.25) is 0 Å². The second-order valence-corrected chi connectivity index (χ2v) is 8.83. The van der Waals surface area contributed by atoms with E-state index in [4.69, 9.17) is 0 Å². The lowest BCUT2D eigenvalue weighted by atomic mass is 10.0. The molecular formula is C22H31N3OS. The minimum absolute atomic E-state index is 0.111. The maximum atomic E-state index is 12.6. The molecule has 1 aliphatic rings. The number of carbonyl (C=O) groups excluding carboxylic acids is 1. The third-order valence-corrected chi connectivity index (χ3v) is 6.11. The zero-order chi connectivity index (χ0) is 19.2. The van der Waals surface area contributed by atoms with Crippen LogP contribution in [0.3, 0.4) is 0 Å². The first-order valence-electron chi connectivity index (χ1n) is 9.84. The standard InChI is InChI=1S/C22H31N3OS/c1-17(2)22(20-8-5-13-27-20)23-21(26)16-25-11-9-24(10-12-25)15-19-7-4-6-18(3)14-19/h4-8,13-14,17,22H,9-12,15-16H2,1-3H3,(H,23,26)/t22-/m0/s1. The van der Waals surface area contributed by atoms with Gasteiger partial charge < -0.3 is 5.32 Å². The number of piperazine rings is 1. The molecule has 0 unspecified atom stereocenters. The molecule has 4 nitrogen and oxygen atoms in total. The van der Waals surface area contributed by atoms with Crippen LogP contribution >= 0.6 is 11.3 Å². The van der Waals surface area contributed by atoms with Crippen molar-refractivity contribution in [3.63, 3.8) is 0 Å². The SMILES string of the molecule is Cc1cccc(CN2CCN(CC(=O)N[C@H](c3cccs3)C(C)C)CC2)c1. The van der Waals surface area contributed by atoms with Gasteiger partial charge in [0, 0.05) is 37.6 Å². The number of nitrogens with one attached hydrogen (secondary N) is 1. The van der Waals surface area contributed by atoms with Gasteiger partial charge in [-0.15, -0.1) is 11.3 Å². The summed E-state index contributed by atoms with van der Waals surface area (Å²) < 4.78 is 0. The van der Waals surface area contributed by atoms with Crippen molar-refractivity contribution in [3.05, 3.63) is 57.8 Å². The highest BCUT2D eigenvalue weighted by Crippen LogP contribution is 2.25. The van der Waals surface area contributed by atoms with Crippen molar-refractivity contribution in [3.8, 4) is 0 Å². The van der Waals surface area contributed by atoms with Crippen molar-refractivity contribution in [2.24, 2.45) is 5.92 Å². The maximum absolute atomic E-state index is 12.6. The lowest BCUT2D eigenvalue weighted by Crippen LogP contribution is -2.49. The van der Waals surface area contributed by atoms with Crippen LogP contribution in [0, 0.1) is 12.8 Å². The number of nitrogens with zero attached hydrogens (tertiary/aromatic N) is 2. The number of benzene rings is 1. The summed E-state index contributed by atoms with van der Waals surface area (Å²) in [6, 6.07) is 13.0. The maximum Gasteiger partial charge on any atom is 0.234 e. The lowest BCUT2D eigenvalue weighted by molar-refractivity contribution is -0.123. The van der Waals surface area contributed by atoms with Gasteiger partial charge in [0.15, 0.2) is 0 Å². The molecule has 0 saturated carbocycles. The molecule has 1 saturated heterocycles. The molecule has 0 radical (unpaired) electrons. The van der Waals surface area contributed by atoms with Gasteiger partial charge in [0.05, 0.1) is 12.6 Å². The van der Waals surface area contributed by atoms with Gasteiger partial charge in [0.1, 0.15) is 0 Å². The number of amides is 1. The first kappa shape index (κ1) is 20.1. The van der Waals surface area contributed by atoms with Gasteiger partial charge in [-0.05, 0) is 29.9 Å². The summed E-state index contributed by atoms with van der Waals surface area (Å²) in [6.07, 6.45) is 0. The number of hydrogen-bond donors (Lipinski definition) is 1. The van der Waals surface area contributed by atoms with Crippen LogP contribution in [0.4, 0.5) is 0 Å². The van der Waals surface area contributed by atoms with Gasteiger partial charge in [-0.3, -0.25) is 14.6 Å². The van der Waals surface area contributed by atoms with E-state index >= 15 is 0 Å². The topological polar surface area (TPSA) is 35.6 Å². The largest absolute Gasteiger partial charge is 0.347 e. The zero-order valence-corrected chi connectivity index (χ0v) is 17.5. The van der Waals surface area contributed by atoms with Gasteiger partial charge >= 0.3 is 0 Å². The Balaban J connectivity index is 1.45. The average Bonchev–Trinajstić information content (AvgIpc) is 3.15. The summed E-state index contributed by atoms with van der Waals surface area (Å²) in [5.74, 6) is 0.521. The Morgan fingerprint density at radius 2 is 1.85 bits per heavy atom. The predicted octanol–water partition coefficient (Wildman–Crippen LogP) is 3.69. The summed E-state index contributed by atoms with van der Waals surface area (Å²) in [4.78, 5) is 18.6. The van der Waals surface area contributed by atoms with Crippen LogP contribution < -0.4 is 5.32 Å². The molecule has 2 heterocycles. The van der Waals surface area contributed by atoms with Gasteiger partial charge in [0.25, 0.3) is 0 Å². The smallest absolute Gasteiger partial charge is 0.234 e. The van der Waals surface area contributed by atoms with Gasteiger partial charge in [-0.25, -0.2) is 0 Å². The summed E-state index contributed by atoms with van der Waals surface area (Å²) in [6.45, 7) is 11.9. The molecule has 0 spiro atoms. The highest BCUT2D eigenvalue weighted by atomic mass is 32.1. The second-order valence-electron chi connectivity index (χ2n) is 7.85. The molecule has 27 heavy (non-hydrogen) atoms. The minimum atomic E-state index is 0.111. The lowest BCUT2D eigenvalue weighted by Gasteiger charge is -2.34. The Kier molecular flexibility index (Phi) is 7.05. The quantitative estimate of drug-likeness (QED) is 0.790. The summed E-state index contributed by atoms with van der Waals surface area (Å²) in [5.41, 5.74) is 2.69. The Morgan fingerprint density at radius 3 is 2.48 bits per heavy atom. The van der Waals surface area contributed by atoms with Crippen LogP contribution in [0.15, 0.2) is 41.8 Å². The molecule has 146 valence electrons. The molecule has 3 rings (SSSR count). The van der Waals surface area contributed by atoms with Crippen molar-refractivity contribution < 1.29 is 4.79 Å². The molecule has 1 amide bonds. The van der Waals surface area contributed by atoms with E-state index in [0.717, 1.165) is 32.7 Å². The third kappa shape index (κ3) is 5.89. The van der Waals surface area contributed by atoms with E-state index in [9.17, 15) is 4.79 Å². The third-order valence-electron chi connectivity index (χ3n) is 5.15. The number of aryl methyl sites for hydroxylation is 1. The highest BCUT2D eigenvalue weighted by Gasteiger charge is 2.23. The van der Waals surface area contributed by atoms with E-state index in [1.807, 2.05) is 0 Å². The van der Waals surface area contributed by atoms with E-state index in [0.29, 0.717) is 12.5 Å². The Morgan fingerprint density at radius 1 is 1.11 bits per heavy atom. The average molecular weight is 386 g/mol. The minimum Gasteiger partial charge on any atom is -0.347 e. The molecule has 1 aromatic heterocycles. The molecule has 1 atom stereocenters. The first-order chi connectivity index (χ1) is 13.0. The molecule has 1 N–H and O–H groups in total. The van der Waals surface area contributed by atoms with Crippen LogP contribution in [0.25, 0.3) is 0 Å². The van der Waals surface area contributed by atoms with Crippen LogP contribution in [-0.4, -0.2) is 48.4 Å². The molecule has 0 aliphatic carbocycles. The monoisotopic (exact) mass is 385 g/mol. The molecule has 1 aromatic carbocycles. The fourth-order valence-electron chi connectivity index (χ4n) is 3.63. The van der Waals surface area contributed by atoms with Crippen LogP contribution in [0.1, 0.15) is 35.9 Å². The molecular weight excluding hydrogens is 354 g/mol. The van der Waals surface area contributed by atoms with Gasteiger partial charge in [0.2, 0.25) is 5.91 Å². The number of rotatable bonds is 7. The number of hydrogen-bond acceptors (Lipinski definition) is 4. The van der Waals surface area contributed by atoms with E-state index < -0.39 is 0 Å². The van der Waals surface area contributed by atoms with Gasteiger partial charge in [-0.1, -0.05) is 49.7 Å². The van der Waals surface area contributed by atoms with Crippen molar-refractivity contribution in [1.29, 1.82) is 0 Å². The second kappa shape index (κ2) is 9.49. The summed E-state index contributed by atoms with van der Waals surface area (Å²) in [5, 5.41) is 5.31. The molecule has 1 aliphatic heterocycles. The number of carbonyl (C=O) groups is 1. The fraction of sp³-hybridized carbons (Fsp3) is 0.500. The highest BCUT2D eigenvalue weighted by molar-refractivity contribution is 7.10. The van der Waals surface area contributed by atoms with Crippen molar-refractivity contribution >= 4 is 17.2 Å². The van der Waals surface area contributed by atoms with E-state index in [-0.39, 0.29) is 11.9 Å². The molecule has 5 heteroatoms. The van der Waals surface area contributed by atoms with Crippen molar-refractivity contribution in [2.45, 2.75) is 33.4 Å². The Labute approximate surface area is 167 Å². The van der Waals surface area contributed by atoms with E-state index in [1.165, 1.54) is 16.0 Å². The van der Waals surface area contributed by atoms with E-state index in [2.05, 4.69) is 77.7 Å². The van der Waals surface area contributed by atoms with E-state index in [1.54, 1.807) is 11.3 Å². The normalized spacial score (nSPS) is 17.2. The molecule has 0 bridgehead atoms.